The molecule has 1 heterocycles. The molecule has 0 aromatic carbocycles. The largest absolute Gasteiger partial charge is 0.386 e. The normalized spacial score (nSPS) is 12.5. The van der Waals surface area contributed by atoms with Crippen molar-refractivity contribution in [3.8, 4) is 6.07 Å². The van der Waals surface area contributed by atoms with Gasteiger partial charge in [0, 0.05) is 4.88 Å². The summed E-state index contributed by atoms with van der Waals surface area (Å²) in [5.41, 5.74) is 1.14. The summed E-state index contributed by atoms with van der Waals surface area (Å²) in [6.07, 6.45) is -0.418. The van der Waals surface area contributed by atoms with Crippen molar-refractivity contribution in [3.63, 3.8) is 0 Å². The smallest absolute Gasteiger partial charge is 0.101 e. The molecule has 0 aliphatic heterocycles. The number of aliphatic hydroxyl groups is 1. The van der Waals surface area contributed by atoms with Crippen LogP contribution in [-0.2, 0) is 0 Å². The van der Waals surface area contributed by atoms with E-state index in [0.717, 1.165) is 10.4 Å². The summed E-state index contributed by atoms with van der Waals surface area (Å²) >= 11 is 1.50. The number of aliphatic hydroxyl groups excluding tert-OH is 1. The van der Waals surface area contributed by atoms with E-state index in [1.54, 1.807) is 0 Å². The van der Waals surface area contributed by atoms with Gasteiger partial charge in [-0.15, -0.1) is 11.3 Å². The van der Waals surface area contributed by atoms with Crippen LogP contribution in [0, 0.1) is 18.3 Å². The molecule has 1 N–H and O–H groups in total. The first-order chi connectivity index (χ1) is 5.24. The van der Waals surface area contributed by atoms with E-state index in [9.17, 15) is 5.11 Å². The highest BCUT2D eigenvalue weighted by molar-refractivity contribution is 7.10. The van der Waals surface area contributed by atoms with Gasteiger partial charge in [-0.3, -0.25) is 0 Å². The third kappa shape index (κ3) is 2.04. The minimum atomic E-state index is -0.598. The van der Waals surface area contributed by atoms with Gasteiger partial charge in [0.2, 0.25) is 0 Å². The number of hydrogen-bond donors (Lipinski definition) is 1. The van der Waals surface area contributed by atoms with E-state index in [4.69, 9.17) is 5.26 Å². The Morgan fingerprint density at radius 1 is 1.82 bits per heavy atom. The summed E-state index contributed by atoms with van der Waals surface area (Å²) in [7, 11) is 0. The summed E-state index contributed by atoms with van der Waals surface area (Å²) in [4.78, 5) is 0.879. The minimum absolute atomic E-state index is 0.181. The van der Waals surface area contributed by atoms with Crippen LogP contribution in [0.15, 0.2) is 11.4 Å². The molecule has 0 aliphatic carbocycles. The van der Waals surface area contributed by atoms with E-state index >= 15 is 0 Å². The van der Waals surface area contributed by atoms with E-state index in [2.05, 4.69) is 0 Å². The summed E-state index contributed by atoms with van der Waals surface area (Å²) in [6, 6.07) is 3.84. The molecule has 0 fully saturated rings. The molecule has 0 radical (unpaired) electrons. The van der Waals surface area contributed by atoms with E-state index < -0.39 is 6.10 Å². The van der Waals surface area contributed by atoms with Gasteiger partial charge in [0.05, 0.1) is 12.5 Å². The van der Waals surface area contributed by atoms with Gasteiger partial charge in [-0.05, 0) is 23.9 Å². The van der Waals surface area contributed by atoms with Gasteiger partial charge in [-0.2, -0.15) is 5.26 Å². The zero-order valence-electron chi connectivity index (χ0n) is 6.24. The lowest BCUT2D eigenvalue weighted by molar-refractivity contribution is 0.187. The van der Waals surface area contributed by atoms with Gasteiger partial charge in [0.1, 0.15) is 6.10 Å². The summed E-state index contributed by atoms with van der Waals surface area (Å²) < 4.78 is 0. The lowest BCUT2D eigenvalue weighted by Gasteiger charge is -2.00. The lowest BCUT2D eigenvalue weighted by atomic mass is 10.2. The highest BCUT2D eigenvalue weighted by Crippen LogP contribution is 2.23. The van der Waals surface area contributed by atoms with Crippen LogP contribution in [0.25, 0.3) is 0 Å². The van der Waals surface area contributed by atoms with Crippen LogP contribution in [0.2, 0.25) is 0 Å². The predicted octanol–water partition coefficient (Wildman–Crippen LogP) is 2.00. The van der Waals surface area contributed by atoms with Crippen LogP contribution in [0.3, 0.4) is 0 Å². The molecule has 1 aromatic rings. The van der Waals surface area contributed by atoms with Gasteiger partial charge < -0.3 is 5.11 Å². The van der Waals surface area contributed by atoms with Gasteiger partial charge in [0.15, 0.2) is 0 Å². The van der Waals surface area contributed by atoms with E-state index in [1.165, 1.54) is 11.3 Å². The number of aryl methyl sites for hydroxylation is 1. The SMILES string of the molecule is Cc1csc(C(O)CC#N)c1. The fourth-order valence-corrected chi connectivity index (χ4v) is 1.70. The van der Waals surface area contributed by atoms with Crippen molar-refractivity contribution in [2.24, 2.45) is 0 Å². The molecule has 0 amide bonds. The summed E-state index contributed by atoms with van der Waals surface area (Å²) in [5.74, 6) is 0. The quantitative estimate of drug-likeness (QED) is 0.732. The Morgan fingerprint density at radius 2 is 2.55 bits per heavy atom. The van der Waals surface area contributed by atoms with Crippen molar-refractivity contribution in [1.82, 2.24) is 0 Å². The van der Waals surface area contributed by atoms with E-state index in [1.807, 2.05) is 24.4 Å². The molecule has 0 saturated heterocycles. The molecule has 11 heavy (non-hydrogen) atoms. The van der Waals surface area contributed by atoms with Crippen LogP contribution in [0.1, 0.15) is 23.0 Å². The Balaban J connectivity index is 2.70. The topological polar surface area (TPSA) is 44.0 Å². The van der Waals surface area contributed by atoms with Crippen molar-refractivity contribution in [2.75, 3.05) is 0 Å². The van der Waals surface area contributed by atoms with Crippen LogP contribution >= 0.6 is 11.3 Å². The standard InChI is InChI=1S/C8H9NOS/c1-6-4-8(11-5-6)7(10)2-3-9/h4-5,7,10H,2H2,1H3. The van der Waals surface area contributed by atoms with Gasteiger partial charge >= 0.3 is 0 Å². The van der Waals surface area contributed by atoms with Crippen molar-refractivity contribution < 1.29 is 5.11 Å². The number of nitrogens with zero attached hydrogens (tertiary/aromatic N) is 1. The number of rotatable bonds is 2. The molecule has 1 aromatic heterocycles. The van der Waals surface area contributed by atoms with Gasteiger partial charge in [-0.25, -0.2) is 0 Å². The van der Waals surface area contributed by atoms with E-state index in [-0.39, 0.29) is 6.42 Å². The Hall–Kier alpha value is -0.850. The Labute approximate surface area is 69.7 Å². The van der Waals surface area contributed by atoms with Crippen LogP contribution in [-0.4, -0.2) is 5.11 Å². The van der Waals surface area contributed by atoms with Gasteiger partial charge in [-0.1, -0.05) is 0 Å². The molecule has 1 unspecified atom stereocenters. The molecule has 1 rings (SSSR count). The number of nitriles is 1. The maximum Gasteiger partial charge on any atom is 0.101 e. The number of hydrogen-bond acceptors (Lipinski definition) is 3. The zero-order chi connectivity index (χ0) is 8.27. The van der Waals surface area contributed by atoms with Crippen molar-refractivity contribution in [1.29, 1.82) is 5.26 Å². The highest BCUT2D eigenvalue weighted by atomic mass is 32.1. The minimum Gasteiger partial charge on any atom is -0.386 e. The third-order valence-corrected chi connectivity index (χ3v) is 2.52. The first kappa shape index (κ1) is 8.25. The monoisotopic (exact) mass is 167 g/mol. The third-order valence-electron chi connectivity index (χ3n) is 1.36. The highest BCUT2D eigenvalue weighted by Gasteiger charge is 2.07. The van der Waals surface area contributed by atoms with Crippen LogP contribution < -0.4 is 0 Å². The summed E-state index contributed by atoms with van der Waals surface area (Å²) in [5, 5.41) is 19.6. The maximum absolute atomic E-state index is 9.32. The zero-order valence-corrected chi connectivity index (χ0v) is 7.06. The van der Waals surface area contributed by atoms with Gasteiger partial charge in [0.25, 0.3) is 0 Å². The number of thiophene rings is 1. The average molecular weight is 167 g/mol. The Morgan fingerprint density at radius 3 is 3.00 bits per heavy atom. The molecule has 58 valence electrons. The van der Waals surface area contributed by atoms with Crippen LogP contribution in [0.5, 0.6) is 0 Å². The van der Waals surface area contributed by atoms with Crippen molar-refractivity contribution >= 4 is 11.3 Å². The first-order valence-corrected chi connectivity index (χ1v) is 4.22. The molecule has 0 bridgehead atoms. The Bertz CT molecular complexity index is 274. The second-order valence-corrected chi connectivity index (χ2v) is 3.35. The maximum atomic E-state index is 9.32. The first-order valence-electron chi connectivity index (χ1n) is 3.34. The molecule has 0 saturated carbocycles. The molecular formula is C8H9NOS. The molecule has 0 aliphatic rings. The van der Waals surface area contributed by atoms with Crippen molar-refractivity contribution in [2.45, 2.75) is 19.4 Å². The molecular weight excluding hydrogens is 158 g/mol. The summed E-state index contributed by atoms with van der Waals surface area (Å²) in [6.45, 7) is 1.97. The Kier molecular flexibility index (Phi) is 2.64. The molecule has 1 atom stereocenters. The van der Waals surface area contributed by atoms with Crippen molar-refractivity contribution in [3.05, 3.63) is 21.9 Å². The second-order valence-electron chi connectivity index (χ2n) is 2.40. The average Bonchev–Trinajstić information content (AvgIpc) is 2.36. The molecule has 0 spiro atoms. The second kappa shape index (κ2) is 3.51. The fourth-order valence-electron chi connectivity index (χ4n) is 0.815. The predicted molar refractivity (Wildman–Crippen MR) is 44.2 cm³/mol. The lowest BCUT2D eigenvalue weighted by Crippen LogP contribution is -1.91. The molecule has 2 nitrogen and oxygen atoms in total. The fraction of sp³-hybridized carbons (Fsp3) is 0.375. The van der Waals surface area contributed by atoms with Crippen LogP contribution in [0.4, 0.5) is 0 Å². The van der Waals surface area contributed by atoms with E-state index in [0.29, 0.717) is 0 Å². The molecule has 3 heteroatoms.